The molecule has 1 amide bonds. The van der Waals surface area contributed by atoms with Gasteiger partial charge in [-0.3, -0.25) is 4.79 Å². The van der Waals surface area contributed by atoms with Crippen molar-refractivity contribution in [3.63, 3.8) is 0 Å². The van der Waals surface area contributed by atoms with Gasteiger partial charge in [-0.1, -0.05) is 18.2 Å². The number of benzene rings is 1. The van der Waals surface area contributed by atoms with Gasteiger partial charge in [0.05, 0.1) is 11.4 Å². The third kappa shape index (κ3) is 2.40. The van der Waals surface area contributed by atoms with Crippen molar-refractivity contribution in [2.24, 2.45) is 0 Å². The number of nitrogens with zero attached hydrogens (tertiary/aromatic N) is 2. The molecular formula is C17H17N3O. The maximum absolute atomic E-state index is 12.3. The summed E-state index contributed by atoms with van der Waals surface area (Å²) in [5, 5.41) is 2.94. The van der Waals surface area contributed by atoms with Crippen molar-refractivity contribution >= 4 is 17.2 Å². The minimum Gasteiger partial charge on any atom is -0.321 e. The predicted molar refractivity (Wildman–Crippen MR) is 83.8 cm³/mol. The molecule has 0 atom stereocenters. The lowest BCUT2D eigenvalue weighted by Crippen LogP contribution is -2.13. The van der Waals surface area contributed by atoms with E-state index in [0.717, 1.165) is 28.3 Å². The lowest BCUT2D eigenvalue weighted by Gasteiger charge is -2.08. The molecule has 4 nitrogen and oxygen atoms in total. The SMILES string of the molecule is Cc1ccccc1C(=O)Nc1ccc2nc(C)c(C)n2c1. The Bertz CT molecular complexity index is 833. The summed E-state index contributed by atoms with van der Waals surface area (Å²) in [4.78, 5) is 16.8. The van der Waals surface area contributed by atoms with E-state index < -0.39 is 0 Å². The molecule has 0 aliphatic carbocycles. The highest BCUT2D eigenvalue weighted by molar-refractivity contribution is 6.05. The van der Waals surface area contributed by atoms with Gasteiger partial charge in [0, 0.05) is 17.5 Å². The van der Waals surface area contributed by atoms with Gasteiger partial charge in [-0.25, -0.2) is 4.98 Å². The molecular weight excluding hydrogens is 262 g/mol. The molecule has 1 aromatic carbocycles. The monoisotopic (exact) mass is 279 g/mol. The molecule has 0 unspecified atom stereocenters. The number of hydrogen-bond donors (Lipinski definition) is 1. The Labute approximate surface area is 123 Å². The molecule has 0 bridgehead atoms. The fraction of sp³-hybridized carbons (Fsp3) is 0.176. The zero-order chi connectivity index (χ0) is 15.0. The minimum absolute atomic E-state index is 0.0954. The second-order valence-corrected chi connectivity index (χ2v) is 5.20. The van der Waals surface area contributed by atoms with Crippen molar-refractivity contribution in [2.75, 3.05) is 5.32 Å². The van der Waals surface area contributed by atoms with Gasteiger partial charge < -0.3 is 9.72 Å². The molecule has 0 aliphatic rings. The van der Waals surface area contributed by atoms with Crippen LogP contribution in [-0.4, -0.2) is 15.3 Å². The van der Waals surface area contributed by atoms with Gasteiger partial charge in [-0.15, -0.1) is 0 Å². The number of hydrogen-bond acceptors (Lipinski definition) is 2. The summed E-state index contributed by atoms with van der Waals surface area (Å²) in [6.45, 7) is 5.93. The Morgan fingerprint density at radius 3 is 2.62 bits per heavy atom. The van der Waals surface area contributed by atoms with E-state index in [4.69, 9.17) is 0 Å². The quantitative estimate of drug-likeness (QED) is 0.780. The molecule has 2 aromatic heterocycles. The minimum atomic E-state index is -0.0954. The highest BCUT2D eigenvalue weighted by atomic mass is 16.1. The first-order valence-electron chi connectivity index (χ1n) is 6.88. The zero-order valence-electron chi connectivity index (χ0n) is 12.3. The molecule has 2 heterocycles. The first-order chi connectivity index (χ1) is 10.1. The fourth-order valence-corrected chi connectivity index (χ4v) is 2.38. The van der Waals surface area contributed by atoms with Gasteiger partial charge >= 0.3 is 0 Å². The Kier molecular flexibility index (Phi) is 3.22. The summed E-state index contributed by atoms with van der Waals surface area (Å²) in [7, 11) is 0. The van der Waals surface area contributed by atoms with E-state index in [0.29, 0.717) is 5.56 Å². The highest BCUT2D eigenvalue weighted by Gasteiger charge is 2.10. The normalized spacial score (nSPS) is 10.8. The van der Waals surface area contributed by atoms with Gasteiger partial charge in [0.1, 0.15) is 5.65 Å². The Morgan fingerprint density at radius 1 is 1.10 bits per heavy atom. The molecule has 0 radical (unpaired) electrons. The molecule has 106 valence electrons. The molecule has 3 aromatic rings. The molecule has 0 saturated heterocycles. The standard InChI is InChI=1S/C17H17N3O/c1-11-6-4-5-7-15(11)17(21)19-14-8-9-16-18-12(2)13(3)20(16)10-14/h4-10H,1-3H3,(H,19,21). The molecule has 4 heteroatoms. The van der Waals surface area contributed by atoms with Crippen molar-refractivity contribution in [2.45, 2.75) is 20.8 Å². The third-order valence-electron chi connectivity index (χ3n) is 3.74. The summed E-state index contributed by atoms with van der Waals surface area (Å²) in [5.74, 6) is -0.0954. The van der Waals surface area contributed by atoms with Crippen LogP contribution in [0.3, 0.4) is 0 Å². The van der Waals surface area contributed by atoms with Crippen molar-refractivity contribution < 1.29 is 4.79 Å². The Morgan fingerprint density at radius 2 is 1.86 bits per heavy atom. The summed E-state index contributed by atoms with van der Waals surface area (Å²) in [6, 6.07) is 11.3. The first kappa shape index (κ1) is 13.4. The number of rotatable bonds is 2. The number of fused-ring (bicyclic) bond motifs is 1. The first-order valence-corrected chi connectivity index (χ1v) is 6.88. The van der Waals surface area contributed by atoms with E-state index in [1.165, 1.54) is 0 Å². The lowest BCUT2D eigenvalue weighted by molar-refractivity contribution is 0.102. The van der Waals surface area contributed by atoms with Crippen molar-refractivity contribution in [1.82, 2.24) is 9.38 Å². The average molecular weight is 279 g/mol. The van der Waals surface area contributed by atoms with Gasteiger partial charge in [0.15, 0.2) is 0 Å². The molecule has 0 fully saturated rings. The van der Waals surface area contributed by atoms with Crippen LogP contribution in [0.25, 0.3) is 5.65 Å². The topological polar surface area (TPSA) is 46.4 Å². The van der Waals surface area contributed by atoms with E-state index >= 15 is 0 Å². The van der Waals surface area contributed by atoms with Crippen LogP contribution < -0.4 is 5.32 Å². The summed E-state index contributed by atoms with van der Waals surface area (Å²) < 4.78 is 1.99. The number of pyridine rings is 1. The third-order valence-corrected chi connectivity index (χ3v) is 3.74. The molecule has 1 N–H and O–H groups in total. The summed E-state index contributed by atoms with van der Waals surface area (Å²) in [6.07, 6.45) is 1.90. The number of aromatic nitrogens is 2. The predicted octanol–water partition coefficient (Wildman–Crippen LogP) is 3.51. The van der Waals surface area contributed by atoms with Crippen LogP contribution in [0.5, 0.6) is 0 Å². The van der Waals surface area contributed by atoms with Gasteiger partial charge in [-0.2, -0.15) is 0 Å². The second kappa shape index (κ2) is 5.05. The molecule has 3 rings (SSSR count). The van der Waals surface area contributed by atoms with Gasteiger partial charge in [0.25, 0.3) is 5.91 Å². The summed E-state index contributed by atoms with van der Waals surface area (Å²) in [5.41, 5.74) is 5.38. The van der Waals surface area contributed by atoms with Crippen LogP contribution in [0.15, 0.2) is 42.6 Å². The number of imidazole rings is 1. The molecule has 21 heavy (non-hydrogen) atoms. The van der Waals surface area contributed by atoms with Crippen molar-refractivity contribution in [3.8, 4) is 0 Å². The van der Waals surface area contributed by atoms with Gasteiger partial charge in [0.2, 0.25) is 0 Å². The van der Waals surface area contributed by atoms with E-state index in [1.807, 2.05) is 67.8 Å². The summed E-state index contributed by atoms with van der Waals surface area (Å²) >= 11 is 0. The number of carbonyl (C=O) groups is 1. The van der Waals surface area contributed by atoms with Crippen LogP contribution in [0.1, 0.15) is 27.3 Å². The average Bonchev–Trinajstić information content (AvgIpc) is 2.75. The largest absolute Gasteiger partial charge is 0.321 e. The zero-order valence-corrected chi connectivity index (χ0v) is 12.3. The van der Waals surface area contributed by atoms with Crippen LogP contribution >= 0.6 is 0 Å². The second-order valence-electron chi connectivity index (χ2n) is 5.20. The van der Waals surface area contributed by atoms with Gasteiger partial charge in [-0.05, 0) is 44.5 Å². The number of amides is 1. The lowest BCUT2D eigenvalue weighted by atomic mass is 10.1. The van der Waals surface area contributed by atoms with Crippen LogP contribution in [0.4, 0.5) is 5.69 Å². The molecule has 0 aliphatic heterocycles. The molecule has 0 spiro atoms. The maximum Gasteiger partial charge on any atom is 0.255 e. The number of nitrogens with one attached hydrogen (secondary N) is 1. The number of carbonyl (C=O) groups excluding carboxylic acids is 1. The molecule has 0 saturated carbocycles. The smallest absolute Gasteiger partial charge is 0.255 e. The number of aryl methyl sites for hydroxylation is 3. The fourth-order valence-electron chi connectivity index (χ4n) is 2.38. The number of anilines is 1. The van der Waals surface area contributed by atoms with E-state index in [-0.39, 0.29) is 5.91 Å². The van der Waals surface area contributed by atoms with Crippen LogP contribution in [-0.2, 0) is 0 Å². The van der Waals surface area contributed by atoms with Crippen LogP contribution in [0.2, 0.25) is 0 Å². The van der Waals surface area contributed by atoms with E-state index in [9.17, 15) is 4.79 Å². The highest BCUT2D eigenvalue weighted by Crippen LogP contribution is 2.17. The van der Waals surface area contributed by atoms with Crippen LogP contribution in [0, 0.1) is 20.8 Å². The Balaban J connectivity index is 1.93. The Hall–Kier alpha value is -2.62. The van der Waals surface area contributed by atoms with Crippen molar-refractivity contribution in [1.29, 1.82) is 0 Å². The van der Waals surface area contributed by atoms with E-state index in [2.05, 4.69) is 10.3 Å². The maximum atomic E-state index is 12.3. The van der Waals surface area contributed by atoms with Crippen molar-refractivity contribution in [3.05, 3.63) is 65.1 Å². The van der Waals surface area contributed by atoms with E-state index in [1.54, 1.807) is 0 Å².